The van der Waals surface area contributed by atoms with Crippen molar-refractivity contribution >= 4 is 51.9 Å². The Balaban J connectivity index is 1.42. The number of amidine groups is 1. The topological polar surface area (TPSA) is 99.3 Å². The molecule has 2 aliphatic heterocycles. The fourth-order valence-electron chi connectivity index (χ4n) is 3.27. The van der Waals surface area contributed by atoms with E-state index < -0.39 is 16.4 Å². The number of phenolic OH excluding ortho intramolecular Hbond substituents is 1. The van der Waals surface area contributed by atoms with E-state index in [-0.39, 0.29) is 5.91 Å². The highest BCUT2D eigenvalue weighted by molar-refractivity contribution is 8.18. The number of piperazine rings is 1. The van der Waals surface area contributed by atoms with Crippen molar-refractivity contribution in [2.45, 2.75) is 0 Å². The molecule has 0 saturated carbocycles. The maximum Gasteiger partial charge on any atom is 0.311 e. The number of benzene rings is 2. The fraction of sp³-hybridized carbons (Fsp3) is 0.200. The molecule has 1 saturated heterocycles. The average molecular weight is 445 g/mol. The molecular formula is C20H17ClN4O4S. The van der Waals surface area contributed by atoms with Crippen molar-refractivity contribution < 1.29 is 14.8 Å². The monoisotopic (exact) mass is 444 g/mol. The number of rotatable bonds is 3. The number of hydrogen-bond acceptors (Lipinski definition) is 7. The molecule has 1 N–H and O–H groups in total. The lowest BCUT2D eigenvalue weighted by atomic mass is 10.1. The van der Waals surface area contributed by atoms with Crippen molar-refractivity contribution in [2.24, 2.45) is 4.99 Å². The van der Waals surface area contributed by atoms with E-state index >= 15 is 0 Å². The lowest BCUT2D eigenvalue weighted by molar-refractivity contribution is -0.385. The molecule has 2 heterocycles. The van der Waals surface area contributed by atoms with Gasteiger partial charge in [-0.25, -0.2) is 0 Å². The van der Waals surface area contributed by atoms with Crippen molar-refractivity contribution in [3.8, 4) is 5.75 Å². The molecule has 10 heteroatoms. The Bertz CT molecular complexity index is 1060. The molecule has 2 aliphatic rings. The predicted molar refractivity (Wildman–Crippen MR) is 118 cm³/mol. The molecule has 0 spiro atoms. The van der Waals surface area contributed by atoms with Crippen molar-refractivity contribution in [2.75, 3.05) is 31.1 Å². The molecule has 0 aliphatic carbocycles. The molecule has 1 fully saturated rings. The zero-order chi connectivity index (χ0) is 21.3. The van der Waals surface area contributed by atoms with Crippen LogP contribution >= 0.6 is 23.4 Å². The number of aliphatic imine (C=N–C) groups is 1. The third-order valence-electron chi connectivity index (χ3n) is 4.85. The second-order valence-corrected chi connectivity index (χ2v) is 8.21. The molecule has 4 rings (SSSR count). The number of thioether (sulfide) groups is 1. The van der Waals surface area contributed by atoms with Crippen molar-refractivity contribution in [3.05, 3.63) is 68.1 Å². The van der Waals surface area contributed by atoms with Gasteiger partial charge in [-0.15, -0.1) is 0 Å². The first-order valence-corrected chi connectivity index (χ1v) is 10.4. The van der Waals surface area contributed by atoms with Gasteiger partial charge in [0.05, 0.1) is 9.83 Å². The van der Waals surface area contributed by atoms with E-state index in [9.17, 15) is 20.0 Å². The number of carbonyl (C=O) groups is 1. The molecule has 0 aromatic heterocycles. The van der Waals surface area contributed by atoms with Crippen LogP contribution in [-0.4, -0.2) is 52.2 Å². The van der Waals surface area contributed by atoms with Gasteiger partial charge in [-0.2, -0.15) is 4.99 Å². The van der Waals surface area contributed by atoms with Crippen LogP contribution in [0, 0.1) is 10.1 Å². The molecule has 30 heavy (non-hydrogen) atoms. The van der Waals surface area contributed by atoms with Gasteiger partial charge < -0.3 is 14.9 Å². The van der Waals surface area contributed by atoms with Gasteiger partial charge in [-0.3, -0.25) is 14.9 Å². The Morgan fingerprint density at radius 2 is 1.77 bits per heavy atom. The Morgan fingerprint density at radius 3 is 2.43 bits per heavy atom. The number of anilines is 1. The van der Waals surface area contributed by atoms with E-state index in [4.69, 9.17) is 11.6 Å². The second-order valence-electron chi connectivity index (χ2n) is 6.77. The average Bonchev–Trinajstić information content (AvgIpc) is 3.10. The van der Waals surface area contributed by atoms with Crippen LogP contribution in [0.4, 0.5) is 11.4 Å². The molecule has 0 atom stereocenters. The highest BCUT2D eigenvalue weighted by Gasteiger charge is 2.28. The minimum absolute atomic E-state index is 0.370. The van der Waals surface area contributed by atoms with Gasteiger partial charge in [0.1, 0.15) is 0 Å². The molecule has 0 radical (unpaired) electrons. The number of halogens is 1. The van der Waals surface area contributed by atoms with E-state index in [1.54, 1.807) is 6.08 Å². The third kappa shape index (κ3) is 4.27. The summed E-state index contributed by atoms with van der Waals surface area (Å²) >= 11 is 7.21. The maximum absolute atomic E-state index is 12.3. The number of aromatic hydroxyl groups is 1. The van der Waals surface area contributed by atoms with Gasteiger partial charge in [0.2, 0.25) is 0 Å². The summed E-state index contributed by atoms with van der Waals surface area (Å²) < 4.78 is 0. The predicted octanol–water partition coefficient (Wildman–Crippen LogP) is 3.75. The first kappa shape index (κ1) is 20.2. The Morgan fingerprint density at radius 1 is 1.10 bits per heavy atom. The van der Waals surface area contributed by atoms with Crippen LogP contribution in [0.15, 0.2) is 52.4 Å². The molecule has 0 unspecified atom stereocenters. The van der Waals surface area contributed by atoms with Crippen LogP contribution in [0.3, 0.4) is 0 Å². The van der Waals surface area contributed by atoms with Gasteiger partial charge in [0.15, 0.2) is 10.9 Å². The summed E-state index contributed by atoms with van der Waals surface area (Å²) in [7, 11) is 0. The number of nitro groups is 1. The molecular weight excluding hydrogens is 428 g/mol. The van der Waals surface area contributed by atoms with Gasteiger partial charge in [0.25, 0.3) is 5.91 Å². The van der Waals surface area contributed by atoms with Gasteiger partial charge >= 0.3 is 5.69 Å². The first-order valence-electron chi connectivity index (χ1n) is 9.16. The van der Waals surface area contributed by atoms with E-state index in [1.807, 2.05) is 24.3 Å². The molecule has 1 amide bonds. The number of amides is 1. The zero-order valence-electron chi connectivity index (χ0n) is 15.7. The number of nitro benzene ring substituents is 1. The zero-order valence-corrected chi connectivity index (χ0v) is 17.3. The summed E-state index contributed by atoms with van der Waals surface area (Å²) in [6.45, 7) is 3.02. The number of carbonyl (C=O) groups excluding carboxylic acids is 1. The van der Waals surface area contributed by atoms with Crippen LogP contribution in [-0.2, 0) is 4.79 Å². The SMILES string of the molecule is O=C1N=C(N2CCN(c3ccc(Cl)cc3)CC2)SC1=Cc1ccc(O)c([N+](=O)[O-])c1. The second kappa shape index (κ2) is 8.37. The lowest BCUT2D eigenvalue weighted by Gasteiger charge is -2.36. The normalized spacial score (nSPS) is 18.1. The standard InChI is InChI=1S/C20H17ClN4O4S/c21-14-2-4-15(5-3-14)23-7-9-24(10-8-23)20-22-19(27)18(30-20)12-13-1-6-17(26)16(11-13)25(28)29/h1-6,11-12,26H,7-10H2. The van der Waals surface area contributed by atoms with Crippen LogP contribution in [0.1, 0.15) is 5.56 Å². The lowest BCUT2D eigenvalue weighted by Crippen LogP contribution is -2.47. The van der Waals surface area contributed by atoms with E-state index in [0.717, 1.165) is 31.9 Å². The minimum Gasteiger partial charge on any atom is -0.502 e. The molecule has 2 aromatic rings. The maximum atomic E-state index is 12.3. The van der Waals surface area contributed by atoms with Crippen LogP contribution in [0.2, 0.25) is 5.02 Å². The molecule has 2 aromatic carbocycles. The first-order chi connectivity index (χ1) is 14.4. The highest BCUT2D eigenvalue weighted by atomic mass is 35.5. The van der Waals surface area contributed by atoms with Crippen LogP contribution < -0.4 is 4.90 Å². The largest absolute Gasteiger partial charge is 0.502 e. The van der Waals surface area contributed by atoms with Gasteiger partial charge in [-0.05, 0) is 53.7 Å². The summed E-state index contributed by atoms with van der Waals surface area (Å²) in [6.07, 6.45) is 1.56. The molecule has 0 bridgehead atoms. The smallest absolute Gasteiger partial charge is 0.311 e. The van der Waals surface area contributed by atoms with Crippen molar-refractivity contribution in [1.82, 2.24) is 4.90 Å². The van der Waals surface area contributed by atoms with Crippen LogP contribution in [0.5, 0.6) is 5.75 Å². The Hall–Kier alpha value is -3.04. The van der Waals surface area contributed by atoms with E-state index in [1.165, 1.54) is 30.0 Å². The summed E-state index contributed by atoms with van der Waals surface area (Å²) in [6, 6.07) is 11.7. The Labute approximate surface area is 181 Å². The number of hydrogen-bond donors (Lipinski definition) is 1. The minimum atomic E-state index is -0.664. The summed E-state index contributed by atoms with van der Waals surface area (Å²) in [5, 5.41) is 21.9. The third-order valence-corrected chi connectivity index (χ3v) is 6.14. The summed E-state index contributed by atoms with van der Waals surface area (Å²) in [5.41, 5.74) is 1.16. The molecule has 154 valence electrons. The highest BCUT2D eigenvalue weighted by Crippen LogP contribution is 2.33. The fourth-order valence-corrected chi connectivity index (χ4v) is 4.36. The number of phenols is 1. The van der Waals surface area contributed by atoms with Gasteiger partial charge in [-0.1, -0.05) is 17.7 Å². The van der Waals surface area contributed by atoms with Crippen molar-refractivity contribution in [3.63, 3.8) is 0 Å². The quantitative estimate of drug-likeness (QED) is 0.437. The van der Waals surface area contributed by atoms with E-state index in [0.29, 0.717) is 20.7 Å². The summed E-state index contributed by atoms with van der Waals surface area (Å²) in [4.78, 5) is 31.5. The van der Waals surface area contributed by atoms with E-state index in [2.05, 4.69) is 14.8 Å². The van der Waals surface area contributed by atoms with Gasteiger partial charge in [0, 0.05) is 43.0 Å². The summed E-state index contributed by atoms with van der Waals surface area (Å²) in [5.74, 6) is -0.783. The Kier molecular flexibility index (Phi) is 5.65. The van der Waals surface area contributed by atoms with Crippen LogP contribution in [0.25, 0.3) is 6.08 Å². The van der Waals surface area contributed by atoms with Crippen molar-refractivity contribution in [1.29, 1.82) is 0 Å². The number of nitrogens with zero attached hydrogens (tertiary/aromatic N) is 4. The molecule has 8 nitrogen and oxygen atoms in total.